The minimum atomic E-state index is 0.309. The van der Waals surface area contributed by atoms with Crippen molar-refractivity contribution in [3.8, 4) is 5.75 Å². The van der Waals surface area contributed by atoms with Crippen molar-refractivity contribution in [1.29, 1.82) is 0 Å². The highest BCUT2D eigenvalue weighted by atomic mass is 16.5. The van der Waals surface area contributed by atoms with Crippen LogP contribution in [-0.2, 0) is 16.0 Å². The summed E-state index contributed by atoms with van der Waals surface area (Å²) in [5.41, 5.74) is 2.77. The second kappa shape index (κ2) is 13.8. The Balaban J connectivity index is 1.41. The van der Waals surface area contributed by atoms with Gasteiger partial charge in [0.05, 0.1) is 19.3 Å². The third kappa shape index (κ3) is 7.69. The second-order valence-electron chi connectivity index (χ2n) is 11.4. The molecular weight excluding hydrogens is 450 g/mol. The van der Waals surface area contributed by atoms with Gasteiger partial charge in [-0.3, -0.25) is 9.69 Å². The van der Waals surface area contributed by atoms with E-state index in [1.165, 1.54) is 30.4 Å². The van der Waals surface area contributed by atoms with Crippen LogP contribution in [0.5, 0.6) is 5.75 Å². The molecule has 0 spiro atoms. The molecule has 0 aliphatic carbocycles. The van der Waals surface area contributed by atoms with Gasteiger partial charge < -0.3 is 19.3 Å². The molecule has 0 aromatic heterocycles. The molecule has 3 atom stereocenters. The number of hydrogen-bond acceptors (Lipinski definition) is 5. The molecule has 3 aliphatic rings. The summed E-state index contributed by atoms with van der Waals surface area (Å²) in [5.74, 6) is 1.85. The lowest BCUT2D eigenvalue weighted by atomic mass is 9.92. The Morgan fingerprint density at radius 1 is 1.08 bits per heavy atom. The smallest absolute Gasteiger partial charge is 0.236 e. The summed E-state index contributed by atoms with van der Waals surface area (Å²) in [6.07, 6.45) is 11.7. The number of ether oxygens (including phenoxy) is 2. The fourth-order valence-electron chi connectivity index (χ4n) is 6.16. The molecular formula is C30H49N3O3. The molecule has 0 N–H and O–H groups in total. The average molecular weight is 500 g/mol. The summed E-state index contributed by atoms with van der Waals surface area (Å²) in [4.78, 5) is 20.4. The number of amides is 1. The van der Waals surface area contributed by atoms with Gasteiger partial charge in [-0.25, -0.2) is 0 Å². The van der Waals surface area contributed by atoms with Gasteiger partial charge in [0.25, 0.3) is 0 Å². The van der Waals surface area contributed by atoms with Crippen molar-refractivity contribution in [1.82, 2.24) is 14.7 Å². The molecule has 4 rings (SSSR count). The number of carbonyl (C=O) groups excluding carboxylic acids is 1. The Kier molecular flexibility index (Phi) is 10.5. The SMILES string of the molecule is CCCCN(CCCN(C)C)C(=O)CN1C[C@H](c2ccc3c(c2)CCO3)C[C@@H]1CCC1CCCCO1. The van der Waals surface area contributed by atoms with Crippen LogP contribution in [0.2, 0.25) is 0 Å². The summed E-state index contributed by atoms with van der Waals surface area (Å²) < 4.78 is 11.8. The molecule has 1 unspecified atom stereocenters. The molecule has 202 valence electrons. The molecule has 0 bridgehead atoms. The second-order valence-corrected chi connectivity index (χ2v) is 11.4. The maximum atomic E-state index is 13.6. The third-order valence-corrected chi connectivity index (χ3v) is 8.31. The topological polar surface area (TPSA) is 45.2 Å². The highest BCUT2D eigenvalue weighted by molar-refractivity contribution is 5.78. The molecule has 1 aromatic rings. The predicted molar refractivity (Wildman–Crippen MR) is 146 cm³/mol. The van der Waals surface area contributed by atoms with Gasteiger partial charge in [-0.15, -0.1) is 0 Å². The van der Waals surface area contributed by atoms with Gasteiger partial charge in [-0.2, -0.15) is 0 Å². The van der Waals surface area contributed by atoms with Gasteiger partial charge in [0, 0.05) is 38.7 Å². The lowest BCUT2D eigenvalue weighted by Crippen LogP contribution is -2.43. The van der Waals surface area contributed by atoms with Crippen molar-refractivity contribution < 1.29 is 14.3 Å². The van der Waals surface area contributed by atoms with Gasteiger partial charge in [-0.05, 0) is 95.1 Å². The van der Waals surface area contributed by atoms with E-state index < -0.39 is 0 Å². The summed E-state index contributed by atoms with van der Waals surface area (Å²) in [7, 11) is 4.21. The van der Waals surface area contributed by atoms with E-state index in [4.69, 9.17) is 9.47 Å². The molecule has 3 aliphatic heterocycles. The Morgan fingerprint density at radius 2 is 1.94 bits per heavy atom. The van der Waals surface area contributed by atoms with Crippen molar-refractivity contribution >= 4 is 5.91 Å². The molecule has 0 radical (unpaired) electrons. The van der Waals surface area contributed by atoms with E-state index in [9.17, 15) is 4.79 Å². The van der Waals surface area contributed by atoms with E-state index in [1.807, 2.05) is 0 Å². The number of benzene rings is 1. The zero-order chi connectivity index (χ0) is 25.3. The largest absolute Gasteiger partial charge is 0.493 e. The zero-order valence-electron chi connectivity index (χ0n) is 23.1. The van der Waals surface area contributed by atoms with Gasteiger partial charge >= 0.3 is 0 Å². The Bertz CT molecular complexity index is 824. The van der Waals surface area contributed by atoms with Crippen molar-refractivity contribution in [3.63, 3.8) is 0 Å². The first-order valence-corrected chi connectivity index (χ1v) is 14.6. The van der Waals surface area contributed by atoms with Crippen LogP contribution in [0.1, 0.15) is 81.8 Å². The van der Waals surface area contributed by atoms with Crippen LogP contribution in [-0.4, -0.2) is 92.8 Å². The van der Waals surface area contributed by atoms with Crippen LogP contribution in [0, 0.1) is 0 Å². The summed E-state index contributed by atoms with van der Waals surface area (Å²) in [6, 6.07) is 7.24. The number of rotatable bonds is 13. The van der Waals surface area contributed by atoms with E-state index >= 15 is 0 Å². The highest BCUT2D eigenvalue weighted by Gasteiger charge is 2.35. The maximum Gasteiger partial charge on any atom is 0.236 e. The zero-order valence-corrected chi connectivity index (χ0v) is 23.1. The monoisotopic (exact) mass is 499 g/mol. The number of nitrogens with zero attached hydrogens (tertiary/aromatic N) is 3. The molecule has 0 saturated carbocycles. The molecule has 36 heavy (non-hydrogen) atoms. The van der Waals surface area contributed by atoms with E-state index in [0.717, 1.165) is 90.1 Å². The number of likely N-dealkylation sites (tertiary alicyclic amines) is 1. The lowest BCUT2D eigenvalue weighted by Gasteiger charge is -2.30. The molecule has 3 heterocycles. The van der Waals surface area contributed by atoms with Crippen molar-refractivity contribution in [2.45, 2.75) is 89.2 Å². The van der Waals surface area contributed by atoms with Crippen LogP contribution in [0.15, 0.2) is 18.2 Å². The van der Waals surface area contributed by atoms with E-state index in [-0.39, 0.29) is 0 Å². The molecule has 1 amide bonds. The van der Waals surface area contributed by atoms with E-state index in [0.29, 0.717) is 30.5 Å². The average Bonchev–Trinajstić information content (AvgIpc) is 3.51. The number of unbranched alkanes of at least 4 members (excludes halogenated alkanes) is 1. The van der Waals surface area contributed by atoms with Crippen LogP contribution in [0.25, 0.3) is 0 Å². The summed E-state index contributed by atoms with van der Waals surface area (Å²) in [5, 5.41) is 0. The van der Waals surface area contributed by atoms with Gasteiger partial charge in [0.2, 0.25) is 5.91 Å². The Labute approximate surface area is 219 Å². The standard InChI is InChI=1S/C30H49N3O3/c1-4-5-16-32(17-8-15-31(2)3)30(34)23-33-22-26(24-10-13-29-25(20-24)14-19-36-29)21-27(33)11-12-28-9-6-7-18-35-28/h10,13,20,26-28H,4-9,11-12,14-19,21-23H2,1-3H3/t26-,27+,28?/m1/s1. The van der Waals surface area contributed by atoms with Gasteiger partial charge in [-0.1, -0.05) is 25.5 Å². The molecule has 6 nitrogen and oxygen atoms in total. The number of carbonyl (C=O) groups is 1. The minimum Gasteiger partial charge on any atom is -0.493 e. The minimum absolute atomic E-state index is 0.309. The van der Waals surface area contributed by atoms with Crippen molar-refractivity contribution in [2.75, 3.05) is 60.0 Å². The fraction of sp³-hybridized carbons (Fsp3) is 0.767. The Hall–Kier alpha value is -1.63. The van der Waals surface area contributed by atoms with Gasteiger partial charge in [0.1, 0.15) is 5.75 Å². The van der Waals surface area contributed by atoms with Crippen LogP contribution in [0.4, 0.5) is 0 Å². The third-order valence-electron chi connectivity index (χ3n) is 8.31. The molecule has 2 saturated heterocycles. The van der Waals surface area contributed by atoms with Gasteiger partial charge in [0.15, 0.2) is 0 Å². The first-order chi connectivity index (χ1) is 17.5. The van der Waals surface area contributed by atoms with Crippen LogP contribution >= 0.6 is 0 Å². The van der Waals surface area contributed by atoms with Crippen LogP contribution in [0.3, 0.4) is 0 Å². The predicted octanol–water partition coefficient (Wildman–Crippen LogP) is 4.71. The van der Waals surface area contributed by atoms with Crippen LogP contribution < -0.4 is 4.74 Å². The maximum absolute atomic E-state index is 13.6. The summed E-state index contributed by atoms with van der Waals surface area (Å²) in [6.45, 7) is 8.21. The normalized spacial score (nSPS) is 24.2. The quantitative estimate of drug-likeness (QED) is 0.393. The number of fused-ring (bicyclic) bond motifs is 1. The fourth-order valence-corrected chi connectivity index (χ4v) is 6.16. The first kappa shape index (κ1) is 27.4. The lowest BCUT2D eigenvalue weighted by molar-refractivity contribution is -0.133. The molecule has 6 heteroatoms. The molecule has 2 fully saturated rings. The van der Waals surface area contributed by atoms with E-state index in [2.05, 4.69) is 53.9 Å². The Morgan fingerprint density at radius 3 is 2.72 bits per heavy atom. The summed E-state index contributed by atoms with van der Waals surface area (Å²) >= 11 is 0. The van der Waals surface area contributed by atoms with E-state index in [1.54, 1.807) is 0 Å². The number of hydrogen-bond donors (Lipinski definition) is 0. The highest BCUT2D eigenvalue weighted by Crippen LogP contribution is 2.37. The first-order valence-electron chi connectivity index (χ1n) is 14.6. The van der Waals surface area contributed by atoms with Crippen molar-refractivity contribution in [3.05, 3.63) is 29.3 Å². The van der Waals surface area contributed by atoms with Crippen molar-refractivity contribution in [2.24, 2.45) is 0 Å². The molecule has 1 aromatic carbocycles.